The second-order valence-electron chi connectivity index (χ2n) is 3.37. The summed E-state index contributed by atoms with van der Waals surface area (Å²) >= 11 is 0. The Balaban J connectivity index is 2.69. The molecular weight excluding hydrogens is 167 g/mol. The Bertz CT molecular complexity index is 264. The maximum atomic E-state index is 13.4. The van der Waals surface area contributed by atoms with Gasteiger partial charge in [0.05, 0.1) is 0 Å². The first-order valence-corrected chi connectivity index (χ1v) is 4.48. The molecule has 0 spiro atoms. The van der Waals surface area contributed by atoms with Gasteiger partial charge in [0.15, 0.2) is 0 Å². The summed E-state index contributed by atoms with van der Waals surface area (Å²) in [4.78, 5) is 0. The van der Waals surface area contributed by atoms with E-state index in [1.54, 1.807) is 19.1 Å². The van der Waals surface area contributed by atoms with Gasteiger partial charge in [-0.1, -0.05) is 24.6 Å². The highest BCUT2D eigenvalue weighted by atomic mass is 19.2. The summed E-state index contributed by atoms with van der Waals surface area (Å²) in [6.45, 7) is 5.18. The van der Waals surface area contributed by atoms with E-state index in [0.717, 1.165) is 5.56 Å². The average molecular weight is 182 g/mol. The van der Waals surface area contributed by atoms with E-state index in [1.807, 2.05) is 19.1 Å². The molecule has 0 aliphatic heterocycles. The van der Waals surface area contributed by atoms with E-state index >= 15 is 0 Å². The van der Waals surface area contributed by atoms with Gasteiger partial charge in [0, 0.05) is 13.3 Å². The average Bonchev–Trinajstić information content (AvgIpc) is 2.09. The van der Waals surface area contributed by atoms with Gasteiger partial charge < -0.3 is 4.74 Å². The van der Waals surface area contributed by atoms with Crippen molar-refractivity contribution in [2.75, 3.05) is 0 Å². The predicted octanol–water partition coefficient (Wildman–Crippen LogP) is 3.47. The van der Waals surface area contributed by atoms with Crippen LogP contribution in [0.5, 0.6) is 5.75 Å². The number of ether oxygens (including phenoxy) is 1. The van der Waals surface area contributed by atoms with Gasteiger partial charge in [-0.2, -0.15) is 4.39 Å². The van der Waals surface area contributed by atoms with Crippen LogP contribution in [0.15, 0.2) is 24.3 Å². The Hall–Kier alpha value is -1.05. The van der Waals surface area contributed by atoms with E-state index in [9.17, 15) is 4.39 Å². The number of hydrogen-bond acceptors (Lipinski definition) is 1. The van der Waals surface area contributed by atoms with Crippen molar-refractivity contribution in [3.05, 3.63) is 29.8 Å². The number of hydrogen-bond donors (Lipinski definition) is 0. The van der Waals surface area contributed by atoms with Gasteiger partial charge in [0.2, 0.25) is 5.85 Å². The zero-order chi connectivity index (χ0) is 9.90. The van der Waals surface area contributed by atoms with E-state index in [0.29, 0.717) is 12.2 Å². The molecule has 13 heavy (non-hydrogen) atoms. The quantitative estimate of drug-likeness (QED) is 0.695. The van der Waals surface area contributed by atoms with Gasteiger partial charge >= 0.3 is 0 Å². The minimum atomic E-state index is -1.56. The minimum absolute atomic E-state index is 0.348. The maximum Gasteiger partial charge on any atom is 0.245 e. The fraction of sp³-hybridized carbons (Fsp3) is 0.455. The minimum Gasteiger partial charge on any atom is -0.458 e. The SMILES string of the molecule is CCC(C)(F)Oc1ccc(C)cc1. The van der Waals surface area contributed by atoms with Crippen LogP contribution in [0.3, 0.4) is 0 Å². The van der Waals surface area contributed by atoms with Gasteiger partial charge in [-0.05, 0) is 19.1 Å². The zero-order valence-electron chi connectivity index (χ0n) is 8.30. The van der Waals surface area contributed by atoms with Crippen LogP contribution in [0, 0.1) is 6.92 Å². The van der Waals surface area contributed by atoms with Crippen molar-refractivity contribution >= 4 is 0 Å². The van der Waals surface area contributed by atoms with Crippen molar-refractivity contribution in [1.82, 2.24) is 0 Å². The molecule has 0 amide bonds. The Labute approximate surface area is 78.5 Å². The first-order valence-electron chi connectivity index (χ1n) is 4.48. The van der Waals surface area contributed by atoms with E-state index in [-0.39, 0.29) is 0 Å². The Morgan fingerprint density at radius 2 is 1.85 bits per heavy atom. The molecule has 0 saturated heterocycles. The molecule has 72 valence electrons. The third-order valence-corrected chi connectivity index (χ3v) is 1.98. The fourth-order valence-electron chi connectivity index (χ4n) is 0.924. The Morgan fingerprint density at radius 3 is 2.31 bits per heavy atom. The largest absolute Gasteiger partial charge is 0.458 e. The lowest BCUT2D eigenvalue weighted by molar-refractivity contribution is -0.0471. The molecule has 0 aliphatic carbocycles. The normalized spacial score (nSPS) is 15.1. The first-order chi connectivity index (χ1) is 6.03. The van der Waals surface area contributed by atoms with E-state index < -0.39 is 5.85 Å². The van der Waals surface area contributed by atoms with Crippen LogP contribution in [0.4, 0.5) is 4.39 Å². The molecule has 1 aromatic carbocycles. The summed E-state index contributed by atoms with van der Waals surface area (Å²) in [5, 5.41) is 0. The van der Waals surface area contributed by atoms with Gasteiger partial charge in [-0.15, -0.1) is 0 Å². The summed E-state index contributed by atoms with van der Waals surface area (Å²) in [6, 6.07) is 7.37. The number of halogens is 1. The second kappa shape index (κ2) is 3.77. The van der Waals surface area contributed by atoms with Crippen molar-refractivity contribution < 1.29 is 9.13 Å². The molecule has 1 nitrogen and oxygen atoms in total. The standard InChI is InChI=1S/C11H15FO/c1-4-11(3,12)13-10-7-5-9(2)6-8-10/h5-8H,4H2,1-3H3. The van der Waals surface area contributed by atoms with E-state index in [1.165, 1.54) is 6.92 Å². The van der Waals surface area contributed by atoms with Gasteiger partial charge in [-0.25, -0.2) is 0 Å². The highest BCUT2D eigenvalue weighted by molar-refractivity contribution is 5.26. The molecule has 0 N–H and O–H groups in total. The highest BCUT2D eigenvalue weighted by Crippen LogP contribution is 2.22. The van der Waals surface area contributed by atoms with Crippen LogP contribution in [-0.2, 0) is 0 Å². The Morgan fingerprint density at radius 1 is 1.31 bits per heavy atom. The highest BCUT2D eigenvalue weighted by Gasteiger charge is 2.21. The lowest BCUT2D eigenvalue weighted by atomic mass is 10.2. The molecule has 0 aliphatic rings. The lowest BCUT2D eigenvalue weighted by Gasteiger charge is -2.20. The van der Waals surface area contributed by atoms with Crippen LogP contribution in [0.25, 0.3) is 0 Å². The molecule has 0 saturated carbocycles. The van der Waals surface area contributed by atoms with Crippen LogP contribution < -0.4 is 4.74 Å². The van der Waals surface area contributed by atoms with Crippen LogP contribution in [0.2, 0.25) is 0 Å². The molecule has 0 aromatic heterocycles. The third kappa shape index (κ3) is 3.05. The maximum absolute atomic E-state index is 13.4. The molecule has 1 aromatic rings. The summed E-state index contributed by atoms with van der Waals surface area (Å²) in [6.07, 6.45) is 0.348. The number of aryl methyl sites for hydroxylation is 1. The predicted molar refractivity (Wildman–Crippen MR) is 51.6 cm³/mol. The molecule has 0 radical (unpaired) electrons. The van der Waals surface area contributed by atoms with Gasteiger partial charge in [-0.3, -0.25) is 0 Å². The second-order valence-corrected chi connectivity index (χ2v) is 3.37. The fourth-order valence-corrected chi connectivity index (χ4v) is 0.924. The Kier molecular flexibility index (Phi) is 2.91. The molecule has 0 heterocycles. The topological polar surface area (TPSA) is 9.23 Å². The summed E-state index contributed by atoms with van der Waals surface area (Å²) < 4.78 is 18.5. The van der Waals surface area contributed by atoms with Crippen LogP contribution in [0.1, 0.15) is 25.8 Å². The number of rotatable bonds is 3. The molecule has 0 bridgehead atoms. The van der Waals surface area contributed by atoms with Crippen molar-refractivity contribution in [2.45, 2.75) is 33.0 Å². The molecular formula is C11H15FO. The number of benzene rings is 1. The molecule has 1 atom stereocenters. The van der Waals surface area contributed by atoms with Crippen LogP contribution in [-0.4, -0.2) is 5.85 Å². The molecule has 1 rings (SSSR count). The number of alkyl halides is 1. The van der Waals surface area contributed by atoms with Crippen molar-refractivity contribution in [3.8, 4) is 5.75 Å². The first kappa shape index (κ1) is 10.0. The lowest BCUT2D eigenvalue weighted by Crippen LogP contribution is -2.24. The summed E-state index contributed by atoms with van der Waals surface area (Å²) in [7, 11) is 0. The smallest absolute Gasteiger partial charge is 0.245 e. The summed E-state index contributed by atoms with van der Waals surface area (Å²) in [5.74, 6) is -0.979. The summed E-state index contributed by atoms with van der Waals surface area (Å²) in [5.41, 5.74) is 1.14. The monoisotopic (exact) mass is 182 g/mol. The van der Waals surface area contributed by atoms with E-state index in [4.69, 9.17) is 4.74 Å². The van der Waals surface area contributed by atoms with Crippen molar-refractivity contribution in [1.29, 1.82) is 0 Å². The zero-order valence-corrected chi connectivity index (χ0v) is 8.30. The van der Waals surface area contributed by atoms with Gasteiger partial charge in [0.1, 0.15) is 5.75 Å². The molecule has 0 fully saturated rings. The van der Waals surface area contributed by atoms with Gasteiger partial charge in [0.25, 0.3) is 0 Å². The molecule has 1 unspecified atom stereocenters. The van der Waals surface area contributed by atoms with Crippen molar-refractivity contribution in [2.24, 2.45) is 0 Å². The van der Waals surface area contributed by atoms with Crippen molar-refractivity contribution in [3.63, 3.8) is 0 Å². The van der Waals surface area contributed by atoms with Crippen LogP contribution >= 0.6 is 0 Å². The van der Waals surface area contributed by atoms with E-state index in [2.05, 4.69) is 0 Å². The molecule has 2 heteroatoms. The third-order valence-electron chi connectivity index (χ3n) is 1.98.